The van der Waals surface area contributed by atoms with E-state index >= 15 is 0 Å². The number of amides is 1. The van der Waals surface area contributed by atoms with Crippen LogP contribution in [0.25, 0.3) is 5.78 Å². The maximum atomic E-state index is 12.2. The van der Waals surface area contributed by atoms with Crippen molar-refractivity contribution in [1.29, 1.82) is 0 Å². The number of rotatable bonds is 7. The van der Waals surface area contributed by atoms with Crippen LogP contribution in [0.1, 0.15) is 42.5 Å². The molecule has 0 aliphatic carbocycles. The van der Waals surface area contributed by atoms with Crippen LogP contribution >= 0.6 is 0 Å². The van der Waals surface area contributed by atoms with Crippen molar-refractivity contribution in [3.8, 4) is 0 Å². The first-order chi connectivity index (χ1) is 12.0. The van der Waals surface area contributed by atoms with Gasteiger partial charge >= 0.3 is 0 Å². The molecule has 1 amide bonds. The first kappa shape index (κ1) is 17.1. The fourth-order valence-corrected chi connectivity index (χ4v) is 2.99. The van der Waals surface area contributed by atoms with E-state index in [1.54, 1.807) is 10.8 Å². The van der Waals surface area contributed by atoms with Crippen molar-refractivity contribution in [2.75, 3.05) is 0 Å². The molecular weight excluding hydrogens is 318 g/mol. The monoisotopic (exact) mass is 341 g/mol. The largest absolute Gasteiger partial charge is 0.469 e. The van der Waals surface area contributed by atoms with E-state index in [9.17, 15) is 4.79 Å². The second-order valence-electron chi connectivity index (χ2n) is 6.32. The van der Waals surface area contributed by atoms with E-state index in [1.165, 1.54) is 6.33 Å². The molecule has 132 valence electrons. The van der Waals surface area contributed by atoms with E-state index in [4.69, 9.17) is 4.42 Å². The van der Waals surface area contributed by atoms with Gasteiger partial charge in [0.15, 0.2) is 0 Å². The van der Waals surface area contributed by atoms with Gasteiger partial charge in [-0.05, 0) is 51.3 Å². The molecule has 3 heterocycles. The molecule has 0 aliphatic heterocycles. The third kappa shape index (κ3) is 4.04. The van der Waals surface area contributed by atoms with Gasteiger partial charge in [0.2, 0.25) is 5.91 Å². The lowest BCUT2D eigenvalue weighted by Crippen LogP contribution is -2.33. The Kier molecular flexibility index (Phi) is 5.11. The van der Waals surface area contributed by atoms with Gasteiger partial charge in [0.25, 0.3) is 5.78 Å². The molecule has 0 bridgehead atoms. The molecule has 25 heavy (non-hydrogen) atoms. The van der Waals surface area contributed by atoms with Crippen LogP contribution in [0.4, 0.5) is 0 Å². The lowest BCUT2D eigenvalue weighted by molar-refractivity contribution is -0.121. The van der Waals surface area contributed by atoms with E-state index in [-0.39, 0.29) is 11.9 Å². The molecule has 0 aromatic carbocycles. The Morgan fingerprint density at radius 1 is 1.36 bits per heavy atom. The number of fused-ring (bicyclic) bond motifs is 1. The minimum absolute atomic E-state index is 0.0458. The molecule has 0 spiro atoms. The first-order valence-electron chi connectivity index (χ1n) is 8.52. The lowest BCUT2D eigenvalue weighted by atomic mass is 10.1. The Hall–Kier alpha value is -2.70. The van der Waals surface area contributed by atoms with E-state index in [2.05, 4.69) is 20.4 Å². The van der Waals surface area contributed by atoms with Gasteiger partial charge in [-0.3, -0.25) is 4.79 Å². The Balaban J connectivity index is 1.53. The molecule has 0 radical (unpaired) electrons. The molecule has 3 aromatic rings. The summed E-state index contributed by atoms with van der Waals surface area (Å²) in [5, 5.41) is 7.23. The van der Waals surface area contributed by atoms with E-state index < -0.39 is 0 Å². The van der Waals surface area contributed by atoms with Crippen LogP contribution in [-0.4, -0.2) is 31.5 Å². The van der Waals surface area contributed by atoms with Gasteiger partial charge in [-0.15, -0.1) is 0 Å². The fraction of sp³-hybridized carbons (Fsp3) is 0.444. The number of nitrogens with zero attached hydrogens (tertiary/aromatic N) is 4. The molecular formula is C18H23N5O2. The number of hydrogen-bond acceptors (Lipinski definition) is 5. The number of carbonyl (C=O) groups is 1. The predicted octanol–water partition coefficient (Wildman–Crippen LogP) is 2.40. The third-order valence-corrected chi connectivity index (χ3v) is 4.40. The number of nitrogens with one attached hydrogen (secondary N) is 1. The van der Waals surface area contributed by atoms with Gasteiger partial charge in [0, 0.05) is 30.3 Å². The molecule has 0 saturated heterocycles. The van der Waals surface area contributed by atoms with Crippen LogP contribution in [-0.2, 0) is 17.6 Å². The summed E-state index contributed by atoms with van der Waals surface area (Å²) in [7, 11) is 0. The Bertz CT molecular complexity index is 854. The number of aromatic nitrogens is 4. The average Bonchev–Trinajstić information content (AvgIpc) is 3.24. The maximum absolute atomic E-state index is 12.2. The smallest absolute Gasteiger partial charge is 0.252 e. The summed E-state index contributed by atoms with van der Waals surface area (Å²) in [6.07, 6.45) is 5.89. The number of furan rings is 1. The van der Waals surface area contributed by atoms with Gasteiger partial charge in [-0.25, -0.2) is 9.50 Å². The topological polar surface area (TPSA) is 85.3 Å². The molecule has 7 nitrogen and oxygen atoms in total. The molecule has 0 saturated carbocycles. The van der Waals surface area contributed by atoms with Crippen molar-refractivity contribution >= 4 is 11.7 Å². The maximum Gasteiger partial charge on any atom is 0.252 e. The second-order valence-corrected chi connectivity index (χ2v) is 6.32. The van der Waals surface area contributed by atoms with Crippen molar-refractivity contribution in [1.82, 2.24) is 24.9 Å². The van der Waals surface area contributed by atoms with Crippen LogP contribution in [0.2, 0.25) is 0 Å². The Morgan fingerprint density at radius 3 is 2.96 bits per heavy atom. The normalized spacial score (nSPS) is 12.4. The average molecular weight is 341 g/mol. The highest BCUT2D eigenvalue weighted by Gasteiger charge is 2.14. The second kappa shape index (κ2) is 7.46. The van der Waals surface area contributed by atoms with Gasteiger partial charge in [-0.1, -0.05) is 0 Å². The summed E-state index contributed by atoms with van der Waals surface area (Å²) >= 11 is 0. The zero-order chi connectivity index (χ0) is 17.8. The van der Waals surface area contributed by atoms with Crippen molar-refractivity contribution in [3.63, 3.8) is 0 Å². The number of hydrogen-bond donors (Lipinski definition) is 1. The Labute approximate surface area is 146 Å². The van der Waals surface area contributed by atoms with E-state index in [0.717, 1.165) is 35.6 Å². The highest BCUT2D eigenvalue weighted by Crippen LogP contribution is 2.15. The van der Waals surface area contributed by atoms with Gasteiger partial charge in [0.05, 0.1) is 6.26 Å². The molecule has 1 atom stereocenters. The standard InChI is InChI=1S/C18H23N5O2/c1-12(6-7-15-5-4-10-25-15)21-17(24)9-8-16-13(2)22-18-19-11-20-23(18)14(16)3/h4-5,10-12H,6-9H2,1-3H3,(H,21,24). The van der Waals surface area contributed by atoms with E-state index in [1.807, 2.05) is 32.9 Å². The predicted molar refractivity (Wildman–Crippen MR) is 93.2 cm³/mol. The number of carbonyl (C=O) groups excluding carboxylic acids is 1. The summed E-state index contributed by atoms with van der Waals surface area (Å²) < 4.78 is 7.03. The van der Waals surface area contributed by atoms with Crippen molar-refractivity contribution < 1.29 is 9.21 Å². The van der Waals surface area contributed by atoms with Gasteiger partial charge in [0.1, 0.15) is 12.1 Å². The molecule has 3 aromatic heterocycles. The zero-order valence-corrected chi connectivity index (χ0v) is 14.8. The quantitative estimate of drug-likeness (QED) is 0.713. The third-order valence-electron chi connectivity index (χ3n) is 4.40. The molecule has 1 N–H and O–H groups in total. The lowest BCUT2D eigenvalue weighted by Gasteiger charge is -2.14. The Morgan fingerprint density at radius 2 is 2.20 bits per heavy atom. The van der Waals surface area contributed by atoms with E-state index in [0.29, 0.717) is 18.6 Å². The van der Waals surface area contributed by atoms with Crippen LogP contribution in [0.3, 0.4) is 0 Å². The molecule has 0 fully saturated rings. The van der Waals surface area contributed by atoms with Crippen LogP contribution in [0, 0.1) is 13.8 Å². The SMILES string of the molecule is Cc1nc2ncnn2c(C)c1CCC(=O)NC(C)CCc1ccco1. The van der Waals surface area contributed by atoms with Gasteiger partial charge < -0.3 is 9.73 Å². The van der Waals surface area contributed by atoms with Crippen molar-refractivity contribution in [3.05, 3.63) is 47.4 Å². The molecule has 7 heteroatoms. The number of aryl methyl sites for hydroxylation is 3. The van der Waals surface area contributed by atoms with Crippen LogP contribution in [0.5, 0.6) is 0 Å². The fourth-order valence-electron chi connectivity index (χ4n) is 2.99. The zero-order valence-electron chi connectivity index (χ0n) is 14.8. The van der Waals surface area contributed by atoms with Crippen LogP contribution in [0.15, 0.2) is 29.1 Å². The minimum Gasteiger partial charge on any atom is -0.469 e. The minimum atomic E-state index is 0.0458. The molecule has 0 aliphatic rings. The summed E-state index contributed by atoms with van der Waals surface area (Å²) in [6.45, 7) is 5.94. The highest BCUT2D eigenvalue weighted by molar-refractivity contribution is 5.76. The van der Waals surface area contributed by atoms with Crippen LogP contribution < -0.4 is 5.32 Å². The van der Waals surface area contributed by atoms with Gasteiger partial charge in [-0.2, -0.15) is 10.1 Å². The van der Waals surface area contributed by atoms with Crippen molar-refractivity contribution in [2.45, 2.75) is 52.5 Å². The summed E-state index contributed by atoms with van der Waals surface area (Å²) in [6, 6.07) is 3.94. The summed E-state index contributed by atoms with van der Waals surface area (Å²) in [4.78, 5) is 20.8. The highest BCUT2D eigenvalue weighted by atomic mass is 16.3. The van der Waals surface area contributed by atoms with Crippen molar-refractivity contribution in [2.24, 2.45) is 0 Å². The first-order valence-corrected chi connectivity index (χ1v) is 8.52. The summed E-state index contributed by atoms with van der Waals surface area (Å²) in [5.74, 6) is 1.58. The molecule has 1 unspecified atom stereocenters. The summed E-state index contributed by atoms with van der Waals surface area (Å²) in [5.41, 5.74) is 2.94. The molecule has 3 rings (SSSR count).